The number of halogens is 1. The van der Waals surface area contributed by atoms with Crippen molar-refractivity contribution in [1.82, 2.24) is 9.55 Å². The van der Waals surface area contributed by atoms with E-state index in [1.165, 1.54) is 34.3 Å². The lowest BCUT2D eigenvalue weighted by molar-refractivity contribution is 0.473. The second kappa shape index (κ2) is 9.93. The molecule has 4 aromatic rings. The molecule has 1 aromatic carbocycles. The number of hydrogen-bond donors (Lipinski definition) is 3. The molecule has 11 nitrogen and oxygen atoms in total. The SMILES string of the molecule is CC(C)CCn1c(=O)c(C2=NS(=O)(=O)c3cc(NS(=O)(=O)c4sccc4Cl)ccc3N2)c(O)c2cccnc21. The lowest BCUT2D eigenvalue weighted by Crippen LogP contribution is -2.33. The minimum atomic E-state index is -4.41. The molecule has 0 fully saturated rings. The Morgan fingerprint density at radius 3 is 2.69 bits per heavy atom. The van der Waals surface area contributed by atoms with Crippen molar-refractivity contribution >= 4 is 71.2 Å². The zero-order valence-corrected chi connectivity index (χ0v) is 23.7. The van der Waals surface area contributed by atoms with Gasteiger partial charge in [-0.15, -0.1) is 15.7 Å². The van der Waals surface area contributed by atoms with Crippen LogP contribution >= 0.6 is 22.9 Å². The maximum Gasteiger partial charge on any atom is 0.286 e. The van der Waals surface area contributed by atoms with Crippen molar-refractivity contribution in [2.24, 2.45) is 10.3 Å². The molecule has 0 atom stereocenters. The highest BCUT2D eigenvalue weighted by Gasteiger charge is 2.31. The number of fused-ring (bicyclic) bond motifs is 2. The van der Waals surface area contributed by atoms with Crippen LogP contribution in [0.1, 0.15) is 25.8 Å². The van der Waals surface area contributed by atoms with E-state index >= 15 is 0 Å². The molecular formula is C24H22ClN5O6S3. The van der Waals surface area contributed by atoms with E-state index < -0.39 is 31.4 Å². The Morgan fingerprint density at radius 1 is 1.23 bits per heavy atom. The molecule has 4 heterocycles. The van der Waals surface area contributed by atoms with Crippen LogP contribution in [0.3, 0.4) is 0 Å². The van der Waals surface area contributed by atoms with E-state index in [0.717, 1.165) is 17.4 Å². The minimum Gasteiger partial charge on any atom is -0.506 e. The summed E-state index contributed by atoms with van der Waals surface area (Å²) in [4.78, 5) is 17.5. The van der Waals surface area contributed by atoms with Crippen molar-refractivity contribution in [3.8, 4) is 5.75 Å². The summed E-state index contributed by atoms with van der Waals surface area (Å²) >= 11 is 6.87. The predicted octanol–water partition coefficient (Wildman–Crippen LogP) is 4.22. The van der Waals surface area contributed by atoms with Crippen molar-refractivity contribution in [1.29, 1.82) is 0 Å². The third-order valence-electron chi connectivity index (χ3n) is 5.96. The van der Waals surface area contributed by atoms with Gasteiger partial charge in [-0.2, -0.15) is 8.42 Å². The molecule has 0 saturated heterocycles. The van der Waals surface area contributed by atoms with Gasteiger partial charge < -0.3 is 10.4 Å². The van der Waals surface area contributed by atoms with Crippen LogP contribution in [-0.4, -0.2) is 37.3 Å². The minimum absolute atomic E-state index is 0.0297. The Hall–Kier alpha value is -3.46. The van der Waals surface area contributed by atoms with Gasteiger partial charge in [0, 0.05) is 12.7 Å². The number of aromatic hydroxyl groups is 1. The number of nitrogens with one attached hydrogen (secondary N) is 2. The summed E-state index contributed by atoms with van der Waals surface area (Å²) in [5, 5.41) is 15.7. The monoisotopic (exact) mass is 607 g/mol. The number of rotatable bonds is 7. The maximum atomic E-state index is 13.6. The predicted molar refractivity (Wildman–Crippen MR) is 151 cm³/mol. The van der Waals surface area contributed by atoms with E-state index in [4.69, 9.17) is 11.6 Å². The van der Waals surface area contributed by atoms with Crippen molar-refractivity contribution in [2.45, 2.75) is 35.9 Å². The van der Waals surface area contributed by atoms with Gasteiger partial charge in [-0.25, -0.2) is 13.4 Å². The summed E-state index contributed by atoms with van der Waals surface area (Å²) in [6.07, 6.45) is 2.15. The number of aromatic nitrogens is 2. The number of anilines is 2. The van der Waals surface area contributed by atoms with Crippen molar-refractivity contribution < 1.29 is 21.9 Å². The first-order chi connectivity index (χ1) is 18.4. The average molecular weight is 608 g/mol. The quantitative estimate of drug-likeness (QED) is 0.281. The zero-order valence-electron chi connectivity index (χ0n) is 20.5. The molecule has 0 unspecified atom stereocenters. The second-order valence-corrected chi connectivity index (χ2v) is 13.9. The smallest absolute Gasteiger partial charge is 0.286 e. The average Bonchev–Trinajstić information content (AvgIpc) is 3.31. The fourth-order valence-electron chi connectivity index (χ4n) is 4.08. The van der Waals surface area contributed by atoms with Gasteiger partial charge in [0.1, 0.15) is 21.9 Å². The molecule has 0 bridgehead atoms. The summed E-state index contributed by atoms with van der Waals surface area (Å²) in [5.41, 5.74) is -0.673. The summed E-state index contributed by atoms with van der Waals surface area (Å²) in [6.45, 7) is 4.30. The first kappa shape index (κ1) is 27.1. The highest BCUT2D eigenvalue weighted by molar-refractivity contribution is 7.94. The van der Waals surface area contributed by atoms with Gasteiger partial charge in [-0.3, -0.25) is 14.1 Å². The lowest BCUT2D eigenvalue weighted by atomic mass is 10.1. The molecule has 204 valence electrons. The van der Waals surface area contributed by atoms with Crippen LogP contribution in [0.4, 0.5) is 11.4 Å². The fraction of sp³-hybridized carbons (Fsp3) is 0.208. The van der Waals surface area contributed by atoms with E-state index in [9.17, 15) is 26.7 Å². The van der Waals surface area contributed by atoms with Crippen LogP contribution in [-0.2, 0) is 26.6 Å². The maximum absolute atomic E-state index is 13.6. The Morgan fingerprint density at radius 2 is 2.00 bits per heavy atom. The van der Waals surface area contributed by atoms with Gasteiger partial charge in [-0.05, 0) is 54.1 Å². The Bertz CT molecular complexity index is 1930. The zero-order chi connectivity index (χ0) is 28.1. The summed E-state index contributed by atoms with van der Waals surface area (Å²) in [5.74, 6) is -0.536. The molecule has 3 N–H and O–H groups in total. The number of thiophene rings is 1. The summed E-state index contributed by atoms with van der Waals surface area (Å²) in [7, 11) is -8.48. The van der Waals surface area contributed by atoms with Crippen molar-refractivity contribution in [3.05, 3.63) is 68.9 Å². The molecule has 1 aliphatic rings. The van der Waals surface area contributed by atoms with Crippen molar-refractivity contribution in [3.63, 3.8) is 0 Å². The first-order valence-corrected chi connectivity index (χ1v) is 15.8. The van der Waals surface area contributed by atoms with Gasteiger partial charge in [0.15, 0.2) is 10.0 Å². The fourth-order valence-corrected chi connectivity index (χ4v) is 7.96. The Labute approximate surface area is 232 Å². The Kier molecular flexibility index (Phi) is 6.91. The molecule has 0 radical (unpaired) electrons. The van der Waals surface area contributed by atoms with Gasteiger partial charge in [0.25, 0.3) is 25.6 Å². The van der Waals surface area contributed by atoms with Crippen LogP contribution in [0.2, 0.25) is 5.02 Å². The number of pyridine rings is 2. The molecule has 15 heteroatoms. The second-order valence-electron chi connectivity index (χ2n) is 9.15. The van der Waals surface area contributed by atoms with Crippen LogP contribution in [0, 0.1) is 5.92 Å². The normalized spacial score (nSPS) is 14.6. The lowest BCUT2D eigenvalue weighted by Gasteiger charge is -2.21. The number of sulfonamides is 2. The summed E-state index contributed by atoms with van der Waals surface area (Å²) in [6, 6.07) is 8.42. The van der Waals surface area contributed by atoms with E-state index in [-0.39, 0.29) is 53.9 Å². The Balaban J connectivity index is 1.58. The summed E-state index contributed by atoms with van der Waals surface area (Å²) < 4.78 is 59.2. The molecule has 0 spiro atoms. The molecule has 3 aromatic heterocycles. The van der Waals surface area contributed by atoms with Crippen LogP contribution in [0.5, 0.6) is 5.75 Å². The highest BCUT2D eigenvalue weighted by Crippen LogP contribution is 2.35. The molecular weight excluding hydrogens is 586 g/mol. The number of hydrogen-bond acceptors (Lipinski definition) is 9. The first-order valence-electron chi connectivity index (χ1n) is 11.6. The third-order valence-corrected chi connectivity index (χ3v) is 10.7. The molecule has 0 saturated carbocycles. The van der Waals surface area contributed by atoms with E-state index in [2.05, 4.69) is 19.4 Å². The number of benzene rings is 1. The number of amidine groups is 1. The van der Waals surface area contributed by atoms with E-state index in [1.807, 2.05) is 13.8 Å². The standard InChI is InChI=1S/C24H22ClN5O6S3/c1-13(2)7-10-30-22-15(4-3-9-26-22)20(31)19(23(30)32)21-27-17-6-5-14(12-18(17)38(33,34)29-21)28-39(35,36)24-16(25)8-11-37-24/h3-6,8-9,11-13,28,31H,7,10H2,1-2H3,(H,27,29). The number of nitrogens with zero attached hydrogens (tertiary/aromatic N) is 3. The highest BCUT2D eigenvalue weighted by atomic mass is 35.5. The molecule has 5 rings (SSSR count). The van der Waals surface area contributed by atoms with E-state index in [1.54, 1.807) is 12.1 Å². The van der Waals surface area contributed by atoms with Gasteiger partial charge in [0.2, 0.25) is 0 Å². The third kappa shape index (κ3) is 5.00. The van der Waals surface area contributed by atoms with Crippen LogP contribution < -0.4 is 15.6 Å². The van der Waals surface area contributed by atoms with Gasteiger partial charge >= 0.3 is 0 Å². The van der Waals surface area contributed by atoms with Gasteiger partial charge in [0.05, 0.1) is 21.8 Å². The van der Waals surface area contributed by atoms with E-state index in [0.29, 0.717) is 13.0 Å². The molecule has 1 aliphatic heterocycles. The van der Waals surface area contributed by atoms with Crippen LogP contribution in [0.25, 0.3) is 11.0 Å². The molecule has 0 amide bonds. The van der Waals surface area contributed by atoms with Gasteiger partial charge in [-0.1, -0.05) is 25.4 Å². The number of aryl methyl sites for hydroxylation is 1. The van der Waals surface area contributed by atoms with Crippen LogP contribution in [0.15, 0.2) is 66.3 Å². The molecule has 39 heavy (non-hydrogen) atoms. The topological polar surface area (TPSA) is 160 Å². The largest absolute Gasteiger partial charge is 0.506 e. The molecule has 0 aliphatic carbocycles. The van der Waals surface area contributed by atoms with Crippen molar-refractivity contribution in [2.75, 3.05) is 10.0 Å².